The minimum absolute atomic E-state index is 0.0360. The fourth-order valence-corrected chi connectivity index (χ4v) is 6.47. The molecule has 0 aliphatic heterocycles. The highest BCUT2D eigenvalue weighted by molar-refractivity contribution is 5.29. The predicted octanol–water partition coefficient (Wildman–Crippen LogP) is 6.79. The first-order chi connectivity index (χ1) is 22.3. The molecule has 0 aromatic heterocycles. The van der Waals surface area contributed by atoms with Gasteiger partial charge in [-0.1, -0.05) is 61.5 Å². The van der Waals surface area contributed by atoms with Gasteiger partial charge in [0.1, 0.15) is 24.0 Å². The molecule has 3 aromatic carbocycles. The lowest BCUT2D eigenvalue weighted by Crippen LogP contribution is -2.54. The molecule has 0 saturated carbocycles. The number of ether oxygens (including phenoxy) is 4. The SMILES string of the molecule is CCC(CCCN(C)CCc1ccccc1)(CCN(C)C(Cc1cccc(OC)c1)OC)N(C)C(Cc1cccc(OC)c1)OC. The Morgan fingerprint density at radius 2 is 1.20 bits per heavy atom. The van der Waals surface area contributed by atoms with Gasteiger partial charge in [-0.3, -0.25) is 9.80 Å². The number of hydrogen-bond acceptors (Lipinski definition) is 7. The Bertz CT molecular complexity index is 1260. The second-order valence-electron chi connectivity index (χ2n) is 12.6. The van der Waals surface area contributed by atoms with E-state index in [0.29, 0.717) is 0 Å². The summed E-state index contributed by atoms with van der Waals surface area (Å²) in [6, 6.07) is 27.4. The fourth-order valence-electron chi connectivity index (χ4n) is 6.47. The third kappa shape index (κ3) is 11.4. The first-order valence-electron chi connectivity index (χ1n) is 16.7. The molecule has 0 bridgehead atoms. The topological polar surface area (TPSA) is 46.6 Å². The molecule has 0 radical (unpaired) electrons. The van der Waals surface area contributed by atoms with Crippen molar-refractivity contribution in [2.24, 2.45) is 0 Å². The molecule has 7 heteroatoms. The second kappa shape index (κ2) is 19.7. The summed E-state index contributed by atoms with van der Waals surface area (Å²) in [7, 11) is 13.7. The van der Waals surface area contributed by atoms with E-state index in [-0.39, 0.29) is 18.0 Å². The van der Waals surface area contributed by atoms with Crippen LogP contribution in [0.25, 0.3) is 0 Å². The van der Waals surface area contributed by atoms with Gasteiger partial charge in [-0.2, -0.15) is 0 Å². The number of benzene rings is 3. The summed E-state index contributed by atoms with van der Waals surface area (Å²) in [6.07, 6.45) is 6.76. The third-order valence-electron chi connectivity index (χ3n) is 9.70. The summed E-state index contributed by atoms with van der Waals surface area (Å²) in [5.74, 6) is 1.75. The molecule has 254 valence electrons. The van der Waals surface area contributed by atoms with Crippen LogP contribution < -0.4 is 9.47 Å². The van der Waals surface area contributed by atoms with Crippen LogP contribution in [0, 0.1) is 0 Å². The first-order valence-corrected chi connectivity index (χ1v) is 16.7. The van der Waals surface area contributed by atoms with Crippen molar-refractivity contribution >= 4 is 0 Å². The van der Waals surface area contributed by atoms with Gasteiger partial charge >= 0.3 is 0 Å². The zero-order valence-electron chi connectivity index (χ0n) is 29.7. The average molecular weight is 634 g/mol. The maximum atomic E-state index is 6.21. The minimum atomic E-state index is -0.0665. The van der Waals surface area contributed by atoms with Gasteiger partial charge in [-0.15, -0.1) is 0 Å². The van der Waals surface area contributed by atoms with Gasteiger partial charge in [0.15, 0.2) is 0 Å². The Labute approximate surface area is 279 Å². The number of hydrogen-bond donors (Lipinski definition) is 0. The Balaban J connectivity index is 1.74. The Kier molecular flexibility index (Phi) is 16.0. The van der Waals surface area contributed by atoms with Crippen molar-refractivity contribution in [1.29, 1.82) is 0 Å². The molecule has 0 N–H and O–H groups in total. The number of likely N-dealkylation sites (N-methyl/N-ethyl adjacent to an activating group) is 3. The normalized spacial score (nSPS) is 14.4. The van der Waals surface area contributed by atoms with Crippen molar-refractivity contribution in [2.45, 2.75) is 69.9 Å². The summed E-state index contributed by atoms with van der Waals surface area (Å²) in [5.41, 5.74) is 3.75. The summed E-state index contributed by atoms with van der Waals surface area (Å²) in [5, 5.41) is 0. The zero-order chi connectivity index (χ0) is 33.4. The summed E-state index contributed by atoms with van der Waals surface area (Å²) < 4.78 is 23.2. The van der Waals surface area contributed by atoms with Gasteiger partial charge < -0.3 is 23.8 Å². The van der Waals surface area contributed by atoms with Gasteiger partial charge in [-0.25, -0.2) is 0 Å². The van der Waals surface area contributed by atoms with E-state index in [0.717, 1.165) is 76.1 Å². The van der Waals surface area contributed by atoms with Gasteiger partial charge in [0.25, 0.3) is 0 Å². The molecule has 0 spiro atoms. The average Bonchev–Trinajstić information content (AvgIpc) is 3.10. The molecular formula is C39H59N3O4. The van der Waals surface area contributed by atoms with Gasteiger partial charge in [0, 0.05) is 45.7 Å². The molecule has 3 unspecified atom stereocenters. The molecule has 46 heavy (non-hydrogen) atoms. The van der Waals surface area contributed by atoms with E-state index in [4.69, 9.17) is 18.9 Å². The Morgan fingerprint density at radius 3 is 1.74 bits per heavy atom. The second-order valence-corrected chi connectivity index (χ2v) is 12.6. The molecule has 0 fully saturated rings. The predicted molar refractivity (Wildman–Crippen MR) is 190 cm³/mol. The largest absolute Gasteiger partial charge is 0.497 e. The third-order valence-corrected chi connectivity index (χ3v) is 9.70. The van der Waals surface area contributed by atoms with E-state index >= 15 is 0 Å². The van der Waals surface area contributed by atoms with Crippen LogP contribution in [0.2, 0.25) is 0 Å². The summed E-state index contributed by atoms with van der Waals surface area (Å²) in [6.45, 7) is 5.35. The first kappa shape index (κ1) is 37.5. The lowest BCUT2D eigenvalue weighted by molar-refractivity contribution is -0.0911. The number of methoxy groups -OCH3 is 4. The molecular weight excluding hydrogens is 574 g/mol. The van der Waals surface area contributed by atoms with E-state index in [1.165, 1.54) is 16.7 Å². The molecule has 0 saturated heterocycles. The van der Waals surface area contributed by atoms with Gasteiger partial charge in [-0.05, 0) is 101 Å². The number of nitrogens with zero attached hydrogens (tertiary/aromatic N) is 3. The van der Waals surface area contributed by atoms with Crippen LogP contribution in [0.1, 0.15) is 49.3 Å². The smallest absolute Gasteiger partial charge is 0.119 e. The Hall–Kier alpha value is -2.94. The van der Waals surface area contributed by atoms with Crippen molar-refractivity contribution in [1.82, 2.24) is 14.7 Å². The van der Waals surface area contributed by atoms with E-state index in [1.807, 2.05) is 25.3 Å². The van der Waals surface area contributed by atoms with E-state index < -0.39 is 0 Å². The highest BCUT2D eigenvalue weighted by Gasteiger charge is 2.37. The van der Waals surface area contributed by atoms with Crippen LogP contribution in [0.3, 0.4) is 0 Å². The van der Waals surface area contributed by atoms with Crippen LogP contribution in [-0.4, -0.2) is 102 Å². The molecule has 0 amide bonds. The molecule has 7 nitrogen and oxygen atoms in total. The van der Waals surface area contributed by atoms with E-state index in [2.05, 4.69) is 103 Å². The molecule has 3 atom stereocenters. The minimum Gasteiger partial charge on any atom is -0.497 e. The van der Waals surface area contributed by atoms with Crippen LogP contribution in [0.4, 0.5) is 0 Å². The quantitative estimate of drug-likeness (QED) is 0.113. The van der Waals surface area contributed by atoms with Crippen molar-refractivity contribution in [3.63, 3.8) is 0 Å². The van der Waals surface area contributed by atoms with Crippen molar-refractivity contribution in [2.75, 3.05) is 69.2 Å². The molecule has 0 aliphatic rings. The van der Waals surface area contributed by atoms with Gasteiger partial charge in [0.05, 0.1) is 14.2 Å². The van der Waals surface area contributed by atoms with Crippen LogP contribution in [0.5, 0.6) is 11.5 Å². The van der Waals surface area contributed by atoms with Gasteiger partial charge in [0.2, 0.25) is 0 Å². The van der Waals surface area contributed by atoms with E-state index in [1.54, 1.807) is 21.3 Å². The lowest BCUT2D eigenvalue weighted by Gasteiger charge is -2.46. The van der Waals surface area contributed by atoms with Crippen LogP contribution in [-0.2, 0) is 28.7 Å². The monoisotopic (exact) mass is 633 g/mol. The van der Waals surface area contributed by atoms with Crippen LogP contribution >= 0.6 is 0 Å². The highest BCUT2D eigenvalue weighted by atomic mass is 16.5. The molecule has 0 heterocycles. The maximum Gasteiger partial charge on any atom is 0.119 e. The standard InChI is InChI=1S/C39H59N3O4/c1-9-39(23-15-25-40(2)26-22-32-16-11-10-12-17-32,42(4)38(46-8)31-34-19-14-21-36(29-34)44-6)24-27-41(3)37(45-7)30-33-18-13-20-35(28-33)43-5/h10-14,16-21,28-29,37-38H,9,15,22-27,30-31H2,1-8H3. The molecule has 3 aromatic rings. The number of rotatable bonds is 22. The van der Waals surface area contributed by atoms with Crippen molar-refractivity contribution < 1.29 is 18.9 Å². The summed E-state index contributed by atoms with van der Waals surface area (Å²) >= 11 is 0. The molecule has 3 rings (SSSR count). The summed E-state index contributed by atoms with van der Waals surface area (Å²) in [4.78, 5) is 7.33. The van der Waals surface area contributed by atoms with Crippen LogP contribution in [0.15, 0.2) is 78.9 Å². The Morgan fingerprint density at radius 1 is 0.630 bits per heavy atom. The van der Waals surface area contributed by atoms with Crippen molar-refractivity contribution in [3.05, 3.63) is 95.6 Å². The van der Waals surface area contributed by atoms with Crippen molar-refractivity contribution in [3.8, 4) is 11.5 Å². The fraction of sp³-hybridized carbons (Fsp3) is 0.538. The zero-order valence-corrected chi connectivity index (χ0v) is 29.7. The lowest BCUT2D eigenvalue weighted by atomic mass is 9.84. The molecule has 0 aliphatic carbocycles. The highest BCUT2D eigenvalue weighted by Crippen LogP contribution is 2.33. The maximum absolute atomic E-state index is 6.21. The van der Waals surface area contributed by atoms with E-state index in [9.17, 15) is 0 Å².